The van der Waals surface area contributed by atoms with Gasteiger partial charge in [0.2, 0.25) is 0 Å². The van der Waals surface area contributed by atoms with Crippen LogP contribution in [0, 0.1) is 13.8 Å². The predicted octanol–water partition coefficient (Wildman–Crippen LogP) is 5.97. The summed E-state index contributed by atoms with van der Waals surface area (Å²) in [4.78, 5) is 50.1. The number of aryl methyl sites for hydroxylation is 2. The fourth-order valence-electron chi connectivity index (χ4n) is 6.59. The van der Waals surface area contributed by atoms with Crippen LogP contribution < -0.4 is 21.3 Å². The van der Waals surface area contributed by atoms with E-state index in [0.29, 0.717) is 32.3 Å². The van der Waals surface area contributed by atoms with Gasteiger partial charge in [0.25, 0.3) is 23.6 Å². The third kappa shape index (κ3) is 5.67. The van der Waals surface area contributed by atoms with Gasteiger partial charge in [-0.25, -0.2) is 0 Å². The number of hydrogen-bond donors (Lipinski definition) is 4. The Kier molecular flexibility index (Phi) is 8.15. The Morgan fingerprint density at radius 3 is 0.812 bits per heavy atom. The van der Waals surface area contributed by atoms with Crippen LogP contribution in [0.25, 0.3) is 0 Å². The molecule has 4 atom stereocenters. The first-order valence-corrected chi connectivity index (χ1v) is 16.2. The van der Waals surface area contributed by atoms with Crippen molar-refractivity contribution >= 4 is 46.8 Å². The van der Waals surface area contributed by atoms with Crippen molar-refractivity contribution in [1.82, 2.24) is 21.3 Å². The molecule has 0 saturated heterocycles. The van der Waals surface area contributed by atoms with Gasteiger partial charge < -0.3 is 21.3 Å². The Hall–Kier alpha value is -5.18. The highest BCUT2D eigenvalue weighted by Crippen LogP contribution is 2.42. The largest absolute Gasteiger partial charge is 0.341 e. The molecule has 0 spiro atoms. The van der Waals surface area contributed by atoms with Crippen molar-refractivity contribution in [3.05, 3.63) is 163 Å². The van der Waals surface area contributed by atoms with E-state index in [1.165, 1.54) is 0 Å². The number of nitrogens with one attached hydrogen (secondary N) is 4. The van der Waals surface area contributed by atoms with Crippen LogP contribution in [0.2, 0.25) is 10.0 Å². The topological polar surface area (TPSA) is 116 Å². The van der Waals surface area contributed by atoms with Gasteiger partial charge in [0.1, 0.15) is 0 Å². The lowest BCUT2D eigenvalue weighted by Gasteiger charge is -2.17. The smallest absolute Gasteiger partial charge is 0.250 e. The molecule has 4 unspecified atom stereocenters. The van der Waals surface area contributed by atoms with Crippen LogP contribution in [0.15, 0.2) is 119 Å². The Balaban J connectivity index is 0.000000152. The highest BCUT2D eigenvalue weighted by molar-refractivity contribution is 6.30. The summed E-state index contributed by atoms with van der Waals surface area (Å²) in [5, 5.41) is 12.9. The van der Waals surface area contributed by atoms with E-state index in [2.05, 4.69) is 21.3 Å². The minimum Gasteiger partial charge on any atom is -0.341 e. The monoisotopic (exact) mass is 676 g/mol. The Labute approximate surface area is 287 Å². The van der Waals surface area contributed by atoms with Crippen molar-refractivity contribution in [2.75, 3.05) is 0 Å². The molecule has 8 nitrogen and oxygen atoms in total. The number of amides is 4. The molecule has 0 saturated carbocycles. The zero-order valence-corrected chi connectivity index (χ0v) is 27.4. The number of carbonyl (C=O) groups excluding carboxylic acids is 4. The maximum atomic E-state index is 12.5. The maximum absolute atomic E-state index is 12.5. The van der Waals surface area contributed by atoms with E-state index in [1.807, 2.05) is 86.6 Å². The van der Waals surface area contributed by atoms with E-state index in [9.17, 15) is 19.2 Å². The van der Waals surface area contributed by atoms with Crippen molar-refractivity contribution in [2.24, 2.45) is 0 Å². The number of carbonyl (C=O) groups is 4. The fourth-order valence-corrected chi connectivity index (χ4v) is 6.84. The van der Waals surface area contributed by atoms with E-state index in [0.717, 1.165) is 33.4 Å². The molecule has 4 amide bonds. The molecule has 0 bridgehead atoms. The molecule has 0 aromatic heterocycles. The van der Waals surface area contributed by atoms with Crippen LogP contribution in [0.1, 0.15) is 57.5 Å². The zero-order chi connectivity index (χ0) is 33.7. The fraction of sp³-hybridized carbons (Fsp3) is 0.158. The summed E-state index contributed by atoms with van der Waals surface area (Å²) in [5.74, 6) is -0.800. The first kappa shape index (κ1) is 31.4. The molecule has 4 heterocycles. The second-order valence-corrected chi connectivity index (χ2v) is 13.1. The van der Waals surface area contributed by atoms with E-state index in [-0.39, 0.29) is 35.7 Å². The van der Waals surface area contributed by atoms with Gasteiger partial charge in [0.05, 0.1) is 46.5 Å². The summed E-state index contributed by atoms with van der Waals surface area (Å²) < 4.78 is 0. The molecule has 4 aromatic carbocycles. The number of halogens is 2. The summed E-state index contributed by atoms with van der Waals surface area (Å²) in [6, 6.07) is 28.4. The van der Waals surface area contributed by atoms with Crippen LogP contribution >= 0.6 is 23.2 Å². The Morgan fingerprint density at radius 2 is 0.583 bits per heavy atom. The lowest BCUT2D eigenvalue weighted by molar-refractivity contribution is -0.120. The molecular weight excluding hydrogens is 647 g/mol. The van der Waals surface area contributed by atoms with Crippen LogP contribution in [0.5, 0.6) is 0 Å². The minimum absolute atomic E-state index is 0.167. The van der Waals surface area contributed by atoms with Gasteiger partial charge in [-0.2, -0.15) is 0 Å². The van der Waals surface area contributed by atoms with Crippen LogP contribution in [-0.4, -0.2) is 23.6 Å². The number of benzene rings is 4. The SMILES string of the molecule is Cc1ccc(C2NC(=O)C3=C2C(=O)NC3c2ccc(C)cc2)cc1.O=C1NC(c2ccc(Cl)cc2)C2=C1C(c1ccc(Cl)cc1)NC2=O. The van der Waals surface area contributed by atoms with Gasteiger partial charge in [-0.1, -0.05) is 107 Å². The van der Waals surface area contributed by atoms with Crippen LogP contribution in [0.3, 0.4) is 0 Å². The molecule has 0 aliphatic carbocycles. The van der Waals surface area contributed by atoms with Gasteiger partial charge in [-0.05, 0) is 60.4 Å². The third-order valence-electron chi connectivity index (χ3n) is 9.04. The molecule has 4 aliphatic rings. The average molecular weight is 678 g/mol. The van der Waals surface area contributed by atoms with E-state index < -0.39 is 12.1 Å². The summed E-state index contributed by atoms with van der Waals surface area (Å²) in [6.07, 6.45) is 0. The van der Waals surface area contributed by atoms with Crippen molar-refractivity contribution in [2.45, 2.75) is 38.0 Å². The van der Waals surface area contributed by atoms with Crippen LogP contribution in [-0.2, 0) is 19.2 Å². The highest BCUT2D eigenvalue weighted by Gasteiger charge is 2.47. The van der Waals surface area contributed by atoms with Crippen LogP contribution in [0.4, 0.5) is 0 Å². The molecule has 4 aromatic rings. The molecular formula is C38H30Cl2N4O4. The molecule has 48 heavy (non-hydrogen) atoms. The maximum Gasteiger partial charge on any atom is 0.250 e. The summed E-state index contributed by atoms with van der Waals surface area (Å²) in [7, 11) is 0. The Morgan fingerprint density at radius 1 is 0.375 bits per heavy atom. The molecule has 8 rings (SSSR count). The second-order valence-electron chi connectivity index (χ2n) is 12.2. The molecule has 10 heteroatoms. The molecule has 240 valence electrons. The lowest BCUT2D eigenvalue weighted by atomic mass is 9.95. The molecule has 4 N–H and O–H groups in total. The van der Waals surface area contributed by atoms with E-state index in [1.54, 1.807) is 24.3 Å². The first-order chi connectivity index (χ1) is 23.1. The average Bonchev–Trinajstić information content (AvgIpc) is 3.81. The second kappa shape index (κ2) is 12.4. The summed E-state index contributed by atoms with van der Waals surface area (Å²) in [6.45, 7) is 4.02. The minimum atomic E-state index is -0.456. The van der Waals surface area contributed by atoms with Gasteiger partial charge in [0.15, 0.2) is 0 Å². The highest BCUT2D eigenvalue weighted by atomic mass is 35.5. The number of rotatable bonds is 4. The molecule has 4 aliphatic heterocycles. The van der Waals surface area contributed by atoms with Gasteiger partial charge in [-0.15, -0.1) is 0 Å². The lowest BCUT2D eigenvalue weighted by Crippen LogP contribution is -2.33. The number of hydrogen-bond acceptors (Lipinski definition) is 4. The quantitative estimate of drug-likeness (QED) is 0.213. The summed E-state index contributed by atoms with van der Waals surface area (Å²) in [5.41, 5.74) is 7.84. The first-order valence-electron chi connectivity index (χ1n) is 15.4. The van der Waals surface area contributed by atoms with Crippen molar-refractivity contribution in [3.8, 4) is 0 Å². The summed E-state index contributed by atoms with van der Waals surface area (Å²) >= 11 is 11.8. The molecule has 0 radical (unpaired) electrons. The van der Waals surface area contributed by atoms with Crippen molar-refractivity contribution in [1.29, 1.82) is 0 Å². The Bertz CT molecular complexity index is 1740. The standard InChI is InChI=1S/C20H18N2O2.C18H12Cl2N2O2/c1-11-3-7-13(8-4-11)17-15-16(20(24)21-17)18(22-19(15)23)14-9-5-12(2)6-10-14;19-11-5-1-9(2-6-11)15-13-14(18(24)21-15)16(22-17(13)23)10-3-7-12(20)8-4-10/h3-10,17-18H,1-2H3,(H,21,24)(H,22,23);1-8,15-16H,(H,21,24)(H,22,23). The van der Waals surface area contributed by atoms with E-state index in [4.69, 9.17) is 23.2 Å². The van der Waals surface area contributed by atoms with Gasteiger partial charge in [-0.3, -0.25) is 19.2 Å². The normalized spacial score (nSPS) is 22.4. The van der Waals surface area contributed by atoms with E-state index >= 15 is 0 Å². The van der Waals surface area contributed by atoms with Crippen molar-refractivity contribution in [3.63, 3.8) is 0 Å². The third-order valence-corrected chi connectivity index (χ3v) is 9.55. The predicted molar refractivity (Wildman–Crippen MR) is 183 cm³/mol. The van der Waals surface area contributed by atoms with Gasteiger partial charge >= 0.3 is 0 Å². The van der Waals surface area contributed by atoms with Gasteiger partial charge in [0, 0.05) is 10.0 Å². The van der Waals surface area contributed by atoms with Crippen molar-refractivity contribution < 1.29 is 19.2 Å². The zero-order valence-electron chi connectivity index (χ0n) is 25.9. The molecule has 0 fully saturated rings.